The van der Waals surface area contributed by atoms with Gasteiger partial charge in [-0.25, -0.2) is 9.97 Å². The molecule has 0 N–H and O–H groups in total. The lowest BCUT2D eigenvalue weighted by molar-refractivity contribution is 0.277. The molecule has 0 fully saturated rings. The summed E-state index contributed by atoms with van der Waals surface area (Å²) in [4.78, 5) is 9.42. The van der Waals surface area contributed by atoms with Crippen LogP contribution in [0.4, 0.5) is 0 Å². The average molecular weight is 385 g/mol. The van der Waals surface area contributed by atoms with Gasteiger partial charge in [0.15, 0.2) is 14.1 Å². The van der Waals surface area contributed by atoms with E-state index in [0.717, 1.165) is 23.7 Å². The number of hydrogen-bond acceptors (Lipinski definition) is 4. The Morgan fingerprint density at radius 2 is 1.85 bits per heavy atom. The number of hydrogen-bond donors (Lipinski definition) is 0. The molecule has 0 spiro atoms. The number of nitrogens with zero attached hydrogens (tertiary/aromatic N) is 2. The summed E-state index contributed by atoms with van der Waals surface area (Å²) in [7, 11) is -1.56. The topological polar surface area (TPSA) is 35.0 Å². The van der Waals surface area contributed by atoms with Crippen molar-refractivity contribution >= 4 is 29.7 Å². The Balaban J connectivity index is 1.82. The summed E-state index contributed by atoms with van der Waals surface area (Å²) in [5.41, 5.74) is 2.18. The normalized spacial score (nSPS) is 13.2. The summed E-state index contributed by atoms with van der Waals surface area (Å²) in [6.07, 6.45) is 1.88. The molecule has 138 valence electrons. The van der Waals surface area contributed by atoms with Crippen LogP contribution in [0.5, 0.6) is 0 Å². The lowest BCUT2D eigenvalue weighted by atomic mass is 10.1. The molecule has 3 aromatic rings. The van der Waals surface area contributed by atoms with Crippen LogP contribution in [0, 0.1) is 0 Å². The Morgan fingerprint density at radius 1 is 1.08 bits per heavy atom. The summed E-state index contributed by atoms with van der Waals surface area (Å²) >= 11 is 1.75. The third-order valence-corrected chi connectivity index (χ3v) is 11.1. The lowest BCUT2D eigenvalue weighted by Crippen LogP contribution is -2.37. The van der Waals surface area contributed by atoms with Crippen LogP contribution in [0.15, 0.2) is 41.9 Å². The molecule has 0 amide bonds. The van der Waals surface area contributed by atoms with Gasteiger partial charge in [-0.3, -0.25) is 0 Å². The minimum absolute atomic E-state index is 0.274. The predicted octanol–water partition coefficient (Wildman–Crippen LogP) is 6.48. The van der Waals surface area contributed by atoms with Crippen molar-refractivity contribution in [2.75, 3.05) is 6.61 Å². The van der Waals surface area contributed by atoms with Crippen LogP contribution < -0.4 is 0 Å². The molecule has 0 saturated carbocycles. The smallest absolute Gasteiger partial charge is 0.192 e. The highest BCUT2D eigenvalue weighted by Crippen LogP contribution is 2.31. The van der Waals surface area contributed by atoms with E-state index in [1.54, 1.807) is 11.3 Å². The molecule has 3 nitrogen and oxygen atoms in total. The summed E-state index contributed by atoms with van der Waals surface area (Å²) in [5.74, 6) is 1.09. The van der Waals surface area contributed by atoms with Crippen LogP contribution in [0.1, 0.15) is 39.3 Å². The largest absolute Gasteiger partial charge is 0.416 e. The van der Waals surface area contributed by atoms with E-state index >= 15 is 0 Å². The molecule has 0 aliphatic heterocycles. The Bertz CT molecular complexity index is 852. The van der Waals surface area contributed by atoms with Gasteiger partial charge in [-0.05, 0) is 47.1 Å². The Labute approximate surface area is 161 Å². The monoisotopic (exact) mass is 384 g/mol. The minimum Gasteiger partial charge on any atom is -0.416 e. The standard InChI is InChI=1S/C21H28N2OSSi/c1-5-26(6-2,7-3)24-15-16(4)19-11-13-22-21(23-19)18-10-8-9-17-12-14-25-20(17)18/h8-14,16H,5-7,15H2,1-4H3. The fraction of sp³-hybridized carbons (Fsp3) is 0.429. The number of aromatic nitrogens is 2. The van der Waals surface area contributed by atoms with Gasteiger partial charge in [-0.2, -0.15) is 0 Å². The van der Waals surface area contributed by atoms with Gasteiger partial charge in [-0.15, -0.1) is 11.3 Å². The zero-order valence-corrected chi connectivity index (χ0v) is 18.0. The van der Waals surface area contributed by atoms with Gasteiger partial charge in [0.05, 0.1) is 0 Å². The van der Waals surface area contributed by atoms with E-state index in [2.05, 4.69) is 62.3 Å². The predicted molar refractivity (Wildman–Crippen MR) is 114 cm³/mol. The van der Waals surface area contributed by atoms with Crippen molar-refractivity contribution in [1.82, 2.24) is 9.97 Å². The highest BCUT2D eigenvalue weighted by atomic mass is 32.1. The molecule has 0 radical (unpaired) electrons. The third kappa shape index (κ3) is 3.90. The van der Waals surface area contributed by atoms with Crippen molar-refractivity contribution < 1.29 is 4.43 Å². The van der Waals surface area contributed by atoms with Gasteiger partial charge in [0.1, 0.15) is 0 Å². The summed E-state index contributed by atoms with van der Waals surface area (Å²) < 4.78 is 7.73. The van der Waals surface area contributed by atoms with Crippen LogP contribution in [0.25, 0.3) is 21.5 Å². The molecule has 2 aromatic heterocycles. The number of rotatable bonds is 8. The van der Waals surface area contributed by atoms with Gasteiger partial charge in [-0.1, -0.05) is 39.8 Å². The molecule has 1 unspecified atom stereocenters. The second-order valence-corrected chi connectivity index (χ2v) is 12.6. The highest BCUT2D eigenvalue weighted by Gasteiger charge is 2.29. The molecule has 3 rings (SSSR count). The zero-order valence-electron chi connectivity index (χ0n) is 16.2. The van der Waals surface area contributed by atoms with Gasteiger partial charge >= 0.3 is 0 Å². The first-order valence-electron chi connectivity index (χ1n) is 9.56. The van der Waals surface area contributed by atoms with E-state index in [0.29, 0.717) is 0 Å². The highest BCUT2D eigenvalue weighted by molar-refractivity contribution is 7.17. The first-order chi connectivity index (χ1) is 12.6. The zero-order chi connectivity index (χ0) is 18.6. The third-order valence-electron chi connectivity index (χ3n) is 5.47. The summed E-state index contributed by atoms with van der Waals surface area (Å²) in [6, 6.07) is 14.1. The maximum absolute atomic E-state index is 6.48. The number of benzene rings is 1. The van der Waals surface area contributed by atoms with E-state index < -0.39 is 8.32 Å². The molecular formula is C21H28N2OSSi. The fourth-order valence-corrected chi connectivity index (χ4v) is 7.01. The van der Waals surface area contributed by atoms with E-state index in [9.17, 15) is 0 Å². The number of thiophene rings is 1. The van der Waals surface area contributed by atoms with Crippen molar-refractivity contribution in [3.63, 3.8) is 0 Å². The molecule has 0 bridgehead atoms. The Morgan fingerprint density at radius 3 is 2.58 bits per heavy atom. The average Bonchev–Trinajstić information content (AvgIpc) is 3.18. The second-order valence-electron chi connectivity index (χ2n) is 6.91. The molecule has 2 heterocycles. The maximum atomic E-state index is 6.48. The lowest BCUT2D eigenvalue weighted by Gasteiger charge is -2.29. The molecule has 1 atom stereocenters. The van der Waals surface area contributed by atoms with E-state index in [1.807, 2.05) is 12.3 Å². The van der Waals surface area contributed by atoms with E-state index in [4.69, 9.17) is 9.41 Å². The Kier molecular flexibility index (Phi) is 6.22. The van der Waals surface area contributed by atoms with Crippen LogP contribution in [-0.2, 0) is 4.43 Å². The molecule has 0 aliphatic rings. The van der Waals surface area contributed by atoms with Crippen LogP contribution >= 0.6 is 11.3 Å². The molecular weight excluding hydrogens is 356 g/mol. The second kappa shape index (κ2) is 8.42. The van der Waals surface area contributed by atoms with Crippen molar-refractivity contribution in [3.05, 3.63) is 47.6 Å². The molecule has 5 heteroatoms. The van der Waals surface area contributed by atoms with Gasteiger partial charge in [0.25, 0.3) is 0 Å². The van der Waals surface area contributed by atoms with Crippen molar-refractivity contribution in [3.8, 4) is 11.4 Å². The summed E-state index contributed by atoms with van der Waals surface area (Å²) in [5, 5.41) is 3.38. The quantitative estimate of drug-likeness (QED) is 0.417. The van der Waals surface area contributed by atoms with Gasteiger partial charge in [0, 0.05) is 34.7 Å². The van der Waals surface area contributed by atoms with Gasteiger partial charge in [0.2, 0.25) is 0 Å². The van der Waals surface area contributed by atoms with Crippen molar-refractivity contribution in [2.45, 2.75) is 51.7 Å². The number of fused-ring (bicyclic) bond motifs is 1. The molecule has 1 aromatic carbocycles. The van der Waals surface area contributed by atoms with Gasteiger partial charge < -0.3 is 4.43 Å². The van der Waals surface area contributed by atoms with E-state index in [-0.39, 0.29) is 5.92 Å². The minimum atomic E-state index is -1.56. The van der Waals surface area contributed by atoms with Crippen LogP contribution in [0.3, 0.4) is 0 Å². The van der Waals surface area contributed by atoms with E-state index in [1.165, 1.54) is 28.2 Å². The SMILES string of the molecule is CC[Si](CC)(CC)OCC(C)c1ccnc(-c2cccc3ccsc23)n1. The molecule has 26 heavy (non-hydrogen) atoms. The first-order valence-corrected chi connectivity index (χ1v) is 13.0. The van der Waals surface area contributed by atoms with Crippen molar-refractivity contribution in [1.29, 1.82) is 0 Å². The Hall–Kier alpha value is -1.56. The van der Waals surface area contributed by atoms with Crippen molar-refractivity contribution in [2.24, 2.45) is 0 Å². The first kappa shape index (κ1) is 19.2. The van der Waals surface area contributed by atoms with Crippen LogP contribution in [0.2, 0.25) is 18.1 Å². The fourth-order valence-electron chi connectivity index (χ4n) is 3.39. The molecule has 0 saturated heterocycles. The maximum Gasteiger partial charge on any atom is 0.192 e. The van der Waals surface area contributed by atoms with Crippen LogP contribution in [-0.4, -0.2) is 24.9 Å². The molecule has 0 aliphatic carbocycles. The summed E-state index contributed by atoms with van der Waals surface area (Å²) in [6.45, 7) is 9.77.